The normalized spacial score (nSPS) is 10.7. The number of carbonyl (C=O) groups excluding carboxylic acids is 1. The van der Waals surface area contributed by atoms with E-state index in [0.29, 0.717) is 23.3 Å². The van der Waals surface area contributed by atoms with Crippen molar-refractivity contribution in [3.8, 4) is 5.75 Å². The van der Waals surface area contributed by atoms with Crippen LogP contribution in [0.2, 0.25) is 5.15 Å². The number of aryl methyl sites for hydroxylation is 1. The van der Waals surface area contributed by atoms with Crippen LogP contribution >= 0.6 is 23.4 Å². The molecule has 0 aliphatic heterocycles. The number of rotatable bonds is 7. The Morgan fingerprint density at radius 2 is 2.07 bits per heavy atom. The summed E-state index contributed by atoms with van der Waals surface area (Å²) in [5.74, 6) is 1.48. The number of anilines is 1. The third kappa shape index (κ3) is 4.82. The minimum absolute atomic E-state index is 0.176. The summed E-state index contributed by atoms with van der Waals surface area (Å²) in [7, 11) is 1.85. The molecular formula is C19H20ClN5O2S. The van der Waals surface area contributed by atoms with Crippen molar-refractivity contribution in [2.24, 2.45) is 7.05 Å². The van der Waals surface area contributed by atoms with Crippen LogP contribution in [0.4, 0.5) is 5.69 Å². The second-order valence-electron chi connectivity index (χ2n) is 6.12. The molecule has 2 heterocycles. The first kappa shape index (κ1) is 20.2. The summed E-state index contributed by atoms with van der Waals surface area (Å²) in [5, 5.41) is 11.9. The number of aromatic nitrogens is 4. The average Bonchev–Trinajstić information content (AvgIpc) is 3.03. The van der Waals surface area contributed by atoms with Crippen molar-refractivity contribution in [1.29, 1.82) is 0 Å². The molecule has 146 valence electrons. The largest absolute Gasteiger partial charge is 0.485 e. The molecule has 0 bridgehead atoms. The zero-order valence-corrected chi connectivity index (χ0v) is 17.3. The number of hydrogen-bond donors (Lipinski definition) is 1. The van der Waals surface area contributed by atoms with Gasteiger partial charge < -0.3 is 14.6 Å². The van der Waals surface area contributed by atoms with Crippen molar-refractivity contribution in [2.75, 3.05) is 11.1 Å². The minimum Gasteiger partial charge on any atom is -0.485 e. The van der Waals surface area contributed by atoms with Gasteiger partial charge in [0.25, 0.3) is 0 Å². The monoisotopic (exact) mass is 417 g/mol. The molecule has 1 amide bonds. The lowest BCUT2D eigenvalue weighted by atomic mass is 10.1. The van der Waals surface area contributed by atoms with E-state index in [1.165, 1.54) is 17.3 Å². The summed E-state index contributed by atoms with van der Waals surface area (Å²) in [4.78, 5) is 16.1. The Morgan fingerprint density at radius 1 is 1.25 bits per heavy atom. The minimum atomic E-state index is -0.198. The topological polar surface area (TPSA) is 81.9 Å². The predicted octanol–water partition coefficient (Wildman–Crippen LogP) is 3.79. The molecule has 0 spiro atoms. The zero-order chi connectivity index (χ0) is 20.1. The number of carbonyl (C=O) groups is 1. The highest BCUT2D eigenvalue weighted by molar-refractivity contribution is 7.99. The number of hydrogen-bond acceptors (Lipinski definition) is 6. The van der Waals surface area contributed by atoms with Crippen molar-refractivity contribution in [3.63, 3.8) is 0 Å². The summed E-state index contributed by atoms with van der Waals surface area (Å²) < 4.78 is 7.70. The first-order valence-electron chi connectivity index (χ1n) is 8.56. The van der Waals surface area contributed by atoms with Gasteiger partial charge >= 0.3 is 0 Å². The second kappa shape index (κ2) is 9.07. The van der Waals surface area contributed by atoms with E-state index in [9.17, 15) is 4.79 Å². The number of halogens is 1. The number of ether oxygens (including phenoxy) is 1. The third-order valence-corrected chi connectivity index (χ3v) is 5.52. The van der Waals surface area contributed by atoms with Crippen LogP contribution in [0.5, 0.6) is 5.75 Å². The van der Waals surface area contributed by atoms with Crippen LogP contribution in [0.25, 0.3) is 0 Å². The van der Waals surface area contributed by atoms with E-state index in [1.807, 2.05) is 43.7 Å². The van der Waals surface area contributed by atoms with E-state index in [1.54, 1.807) is 18.3 Å². The van der Waals surface area contributed by atoms with Crippen LogP contribution in [0, 0.1) is 13.8 Å². The molecule has 0 fully saturated rings. The molecule has 3 rings (SSSR count). The fraction of sp³-hybridized carbons (Fsp3) is 0.263. The number of nitrogens with zero attached hydrogens (tertiary/aromatic N) is 4. The quantitative estimate of drug-likeness (QED) is 0.465. The lowest BCUT2D eigenvalue weighted by Gasteiger charge is -2.10. The van der Waals surface area contributed by atoms with Crippen LogP contribution in [0.15, 0.2) is 41.7 Å². The van der Waals surface area contributed by atoms with Crippen LogP contribution in [0.1, 0.15) is 17.0 Å². The van der Waals surface area contributed by atoms with Gasteiger partial charge in [-0.3, -0.25) is 4.79 Å². The highest BCUT2D eigenvalue weighted by atomic mass is 35.5. The second-order valence-corrected chi connectivity index (χ2v) is 7.42. The Labute approximate surface area is 172 Å². The maximum Gasteiger partial charge on any atom is 0.234 e. The highest BCUT2D eigenvalue weighted by Crippen LogP contribution is 2.23. The summed E-state index contributed by atoms with van der Waals surface area (Å²) in [6.45, 7) is 4.37. The van der Waals surface area contributed by atoms with Gasteiger partial charge in [0.15, 0.2) is 16.1 Å². The van der Waals surface area contributed by atoms with Gasteiger partial charge in [-0.05, 0) is 43.2 Å². The SMILES string of the molecule is Cc1cccc(OCc2nnc(SCC(=O)Nc3cccnc3Cl)n2C)c1C. The molecular weight excluding hydrogens is 398 g/mol. The first-order valence-corrected chi connectivity index (χ1v) is 9.92. The molecule has 2 aromatic heterocycles. The fourth-order valence-corrected chi connectivity index (χ4v) is 3.31. The molecule has 0 radical (unpaired) electrons. The summed E-state index contributed by atoms with van der Waals surface area (Å²) >= 11 is 7.23. The van der Waals surface area contributed by atoms with E-state index in [0.717, 1.165) is 11.3 Å². The highest BCUT2D eigenvalue weighted by Gasteiger charge is 2.13. The van der Waals surface area contributed by atoms with Gasteiger partial charge in [0, 0.05) is 13.2 Å². The Morgan fingerprint density at radius 3 is 2.86 bits per heavy atom. The van der Waals surface area contributed by atoms with E-state index in [-0.39, 0.29) is 16.8 Å². The fourth-order valence-electron chi connectivity index (χ4n) is 2.41. The van der Waals surface area contributed by atoms with Crippen molar-refractivity contribution < 1.29 is 9.53 Å². The van der Waals surface area contributed by atoms with E-state index in [4.69, 9.17) is 16.3 Å². The molecule has 1 aromatic carbocycles. The molecule has 0 saturated carbocycles. The van der Waals surface area contributed by atoms with Crippen LogP contribution < -0.4 is 10.1 Å². The Balaban J connectivity index is 1.56. The van der Waals surface area contributed by atoms with E-state index >= 15 is 0 Å². The maximum absolute atomic E-state index is 12.1. The van der Waals surface area contributed by atoms with Crippen LogP contribution in [-0.4, -0.2) is 31.4 Å². The van der Waals surface area contributed by atoms with Crippen LogP contribution in [-0.2, 0) is 18.4 Å². The molecule has 9 heteroatoms. The molecule has 0 unspecified atom stereocenters. The lowest BCUT2D eigenvalue weighted by molar-refractivity contribution is -0.113. The molecule has 3 aromatic rings. The van der Waals surface area contributed by atoms with Crippen molar-refractivity contribution in [1.82, 2.24) is 19.7 Å². The van der Waals surface area contributed by atoms with Gasteiger partial charge in [-0.25, -0.2) is 4.98 Å². The number of nitrogens with one attached hydrogen (secondary N) is 1. The number of amides is 1. The standard InChI is InChI=1S/C19H20ClN5O2S/c1-12-6-4-8-15(13(12)2)27-10-16-23-24-19(25(16)3)28-11-17(26)22-14-7-5-9-21-18(14)20/h4-9H,10-11H2,1-3H3,(H,22,26). The number of pyridine rings is 1. The lowest BCUT2D eigenvalue weighted by Crippen LogP contribution is -2.15. The molecule has 7 nitrogen and oxygen atoms in total. The van der Waals surface area contributed by atoms with Crippen molar-refractivity contribution in [3.05, 3.63) is 58.6 Å². The summed E-state index contributed by atoms with van der Waals surface area (Å²) in [6, 6.07) is 9.34. The van der Waals surface area contributed by atoms with E-state index in [2.05, 4.69) is 20.5 Å². The molecule has 0 aliphatic carbocycles. The summed E-state index contributed by atoms with van der Waals surface area (Å²) in [5.41, 5.74) is 2.76. The van der Waals surface area contributed by atoms with Gasteiger partial charge in [-0.1, -0.05) is 35.5 Å². The van der Waals surface area contributed by atoms with Crippen molar-refractivity contribution >= 4 is 35.0 Å². The van der Waals surface area contributed by atoms with Gasteiger partial charge in [-0.15, -0.1) is 10.2 Å². The molecule has 0 saturated heterocycles. The Kier molecular flexibility index (Phi) is 6.53. The smallest absolute Gasteiger partial charge is 0.234 e. The number of thioether (sulfide) groups is 1. The van der Waals surface area contributed by atoms with Gasteiger partial charge in [-0.2, -0.15) is 0 Å². The van der Waals surface area contributed by atoms with Crippen molar-refractivity contribution in [2.45, 2.75) is 25.6 Å². The first-order chi connectivity index (χ1) is 13.5. The molecule has 28 heavy (non-hydrogen) atoms. The molecule has 1 N–H and O–H groups in total. The van der Waals surface area contributed by atoms with Crippen LogP contribution in [0.3, 0.4) is 0 Å². The average molecular weight is 418 g/mol. The Bertz CT molecular complexity index is 992. The summed E-state index contributed by atoms with van der Waals surface area (Å²) in [6.07, 6.45) is 1.56. The molecule has 0 atom stereocenters. The Hall–Kier alpha value is -2.58. The van der Waals surface area contributed by atoms with Gasteiger partial charge in [0.2, 0.25) is 5.91 Å². The third-order valence-electron chi connectivity index (χ3n) is 4.20. The van der Waals surface area contributed by atoms with Gasteiger partial charge in [0.1, 0.15) is 12.4 Å². The molecule has 0 aliphatic rings. The maximum atomic E-state index is 12.1. The number of benzene rings is 1. The van der Waals surface area contributed by atoms with Gasteiger partial charge in [0.05, 0.1) is 11.4 Å². The van der Waals surface area contributed by atoms with E-state index < -0.39 is 0 Å². The predicted molar refractivity (Wildman–Crippen MR) is 110 cm³/mol. The zero-order valence-electron chi connectivity index (χ0n) is 15.8.